The first kappa shape index (κ1) is 10.9. The average molecular weight is 234 g/mol. The normalized spacial score (nSPS) is 10.1. The topological polar surface area (TPSA) is 37.8 Å². The Morgan fingerprint density at radius 2 is 2.12 bits per heavy atom. The fraction of sp³-hybridized carbons (Fsp3) is 0.167. The highest BCUT2D eigenvalue weighted by molar-refractivity contribution is 6.29. The van der Waals surface area contributed by atoms with E-state index in [2.05, 4.69) is 40.4 Å². The minimum absolute atomic E-state index is 0.446. The van der Waals surface area contributed by atoms with Crippen LogP contribution in [0.4, 0.5) is 5.82 Å². The van der Waals surface area contributed by atoms with E-state index in [1.807, 2.05) is 6.07 Å². The molecule has 0 aliphatic carbocycles. The first-order chi connectivity index (χ1) is 7.74. The molecule has 0 bridgehead atoms. The van der Waals surface area contributed by atoms with Gasteiger partial charge in [0.25, 0.3) is 0 Å². The summed E-state index contributed by atoms with van der Waals surface area (Å²) in [7, 11) is 0. The molecule has 0 spiro atoms. The monoisotopic (exact) mass is 233 g/mol. The van der Waals surface area contributed by atoms with Crippen molar-refractivity contribution in [3.63, 3.8) is 0 Å². The molecule has 0 fully saturated rings. The molecule has 0 atom stereocenters. The molecule has 16 heavy (non-hydrogen) atoms. The predicted molar refractivity (Wildman–Crippen MR) is 65.5 cm³/mol. The summed E-state index contributed by atoms with van der Waals surface area (Å²) in [5.74, 6) is 0.738. The van der Waals surface area contributed by atoms with Gasteiger partial charge in [-0.05, 0) is 12.5 Å². The van der Waals surface area contributed by atoms with Crippen LogP contribution in [0, 0.1) is 6.92 Å². The molecule has 1 aromatic heterocycles. The van der Waals surface area contributed by atoms with Crippen LogP contribution in [0.5, 0.6) is 0 Å². The molecular formula is C12H12ClN3. The van der Waals surface area contributed by atoms with E-state index in [-0.39, 0.29) is 0 Å². The molecular weight excluding hydrogens is 222 g/mol. The molecule has 1 N–H and O–H groups in total. The molecule has 2 aromatic rings. The molecule has 0 saturated heterocycles. The molecule has 1 heterocycles. The summed E-state index contributed by atoms with van der Waals surface area (Å²) in [6.07, 6.45) is 1.45. The number of anilines is 1. The van der Waals surface area contributed by atoms with E-state index in [1.165, 1.54) is 17.5 Å². The van der Waals surface area contributed by atoms with Crippen molar-refractivity contribution < 1.29 is 0 Å². The number of aromatic nitrogens is 2. The summed E-state index contributed by atoms with van der Waals surface area (Å²) in [6.45, 7) is 2.81. The van der Waals surface area contributed by atoms with Crippen LogP contribution in [0.15, 0.2) is 36.7 Å². The summed E-state index contributed by atoms with van der Waals surface area (Å²) in [4.78, 5) is 7.89. The lowest BCUT2D eigenvalue weighted by atomic mass is 10.1. The van der Waals surface area contributed by atoms with Crippen molar-refractivity contribution in [2.24, 2.45) is 0 Å². The Morgan fingerprint density at radius 3 is 2.88 bits per heavy atom. The second-order valence-electron chi connectivity index (χ2n) is 3.57. The summed E-state index contributed by atoms with van der Waals surface area (Å²) in [6, 6.07) is 10.0. The molecule has 0 saturated carbocycles. The van der Waals surface area contributed by atoms with E-state index < -0.39 is 0 Å². The van der Waals surface area contributed by atoms with E-state index in [0.717, 1.165) is 12.4 Å². The van der Waals surface area contributed by atoms with Gasteiger partial charge in [-0.3, -0.25) is 0 Å². The van der Waals surface area contributed by atoms with E-state index in [0.29, 0.717) is 5.15 Å². The molecule has 0 unspecified atom stereocenters. The second-order valence-corrected chi connectivity index (χ2v) is 3.96. The van der Waals surface area contributed by atoms with Crippen molar-refractivity contribution in [3.05, 3.63) is 52.9 Å². The molecule has 0 amide bonds. The van der Waals surface area contributed by atoms with Crippen LogP contribution in [0.2, 0.25) is 5.15 Å². The van der Waals surface area contributed by atoms with E-state index in [4.69, 9.17) is 11.6 Å². The number of aryl methyl sites for hydroxylation is 1. The fourth-order valence-corrected chi connectivity index (χ4v) is 1.59. The lowest BCUT2D eigenvalue weighted by Crippen LogP contribution is -2.01. The summed E-state index contributed by atoms with van der Waals surface area (Å²) in [5, 5.41) is 3.64. The zero-order valence-corrected chi connectivity index (χ0v) is 9.70. The average Bonchev–Trinajstić information content (AvgIpc) is 2.27. The van der Waals surface area contributed by atoms with Gasteiger partial charge in [0.1, 0.15) is 17.3 Å². The van der Waals surface area contributed by atoms with E-state index in [1.54, 1.807) is 6.07 Å². The molecule has 0 radical (unpaired) electrons. The van der Waals surface area contributed by atoms with Crippen molar-refractivity contribution in [1.82, 2.24) is 9.97 Å². The number of nitrogens with one attached hydrogen (secondary N) is 1. The number of hydrogen-bond donors (Lipinski definition) is 1. The van der Waals surface area contributed by atoms with Crippen LogP contribution >= 0.6 is 11.6 Å². The van der Waals surface area contributed by atoms with Crippen molar-refractivity contribution in [2.45, 2.75) is 13.5 Å². The van der Waals surface area contributed by atoms with Gasteiger partial charge in [-0.2, -0.15) is 0 Å². The van der Waals surface area contributed by atoms with Crippen molar-refractivity contribution in [1.29, 1.82) is 0 Å². The third kappa shape index (κ3) is 2.94. The number of nitrogens with zero attached hydrogens (tertiary/aromatic N) is 2. The van der Waals surface area contributed by atoms with Gasteiger partial charge in [0, 0.05) is 12.6 Å². The van der Waals surface area contributed by atoms with E-state index in [9.17, 15) is 0 Å². The van der Waals surface area contributed by atoms with Crippen LogP contribution in [-0.4, -0.2) is 9.97 Å². The zero-order chi connectivity index (χ0) is 11.4. The van der Waals surface area contributed by atoms with Gasteiger partial charge in [0.15, 0.2) is 0 Å². The Bertz CT molecular complexity index is 440. The number of benzene rings is 1. The van der Waals surface area contributed by atoms with Crippen LogP contribution in [0.1, 0.15) is 11.1 Å². The van der Waals surface area contributed by atoms with Gasteiger partial charge in [-0.15, -0.1) is 0 Å². The first-order valence-corrected chi connectivity index (χ1v) is 5.39. The minimum atomic E-state index is 0.446. The van der Waals surface area contributed by atoms with Gasteiger partial charge >= 0.3 is 0 Å². The standard InChI is InChI=1S/C12H12ClN3/c1-9-3-2-4-10(5-9)7-14-12-6-11(13)15-8-16-12/h2-6,8H,7H2,1H3,(H,14,15,16). The molecule has 0 aliphatic rings. The molecule has 3 nitrogen and oxygen atoms in total. The Kier molecular flexibility index (Phi) is 3.37. The lowest BCUT2D eigenvalue weighted by Gasteiger charge is -2.06. The largest absolute Gasteiger partial charge is 0.366 e. The highest BCUT2D eigenvalue weighted by atomic mass is 35.5. The molecule has 4 heteroatoms. The maximum absolute atomic E-state index is 5.76. The zero-order valence-electron chi connectivity index (χ0n) is 8.94. The Hall–Kier alpha value is -1.61. The minimum Gasteiger partial charge on any atom is -0.366 e. The Morgan fingerprint density at radius 1 is 1.25 bits per heavy atom. The van der Waals surface area contributed by atoms with Gasteiger partial charge in [0.2, 0.25) is 0 Å². The molecule has 1 aromatic carbocycles. The lowest BCUT2D eigenvalue weighted by molar-refractivity contribution is 1.08. The summed E-state index contributed by atoms with van der Waals surface area (Å²) < 4.78 is 0. The van der Waals surface area contributed by atoms with Crippen LogP contribution in [-0.2, 0) is 6.54 Å². The summed E-state index contributed by atoms with van der Waals surface area (Å²) >= 11 is 5.76. The molecule has 2 rings (SSSR count). The quantitative estimate of drug-likeness (QED) is 0.828. The Labute approximate surface area is 99.5 Å². The number of halogens is 1. The van der Waals surface area contributed by atoms with E-state index >= 15 is 0 Å². The van der Waals surface area contributed by atoms with Gasteiger partial charge < -0.3 is 5.32 Å². The number of hydrogen-bond acceptors (Lipinski definition) is 3. The van der Waals surface area contributed by atoms with Crippen molar-refractivity contribution in [2.75, 3.05) is 5.32 Å². The Balaban J connectivity index is 2.02. The van der Waals surface area contributed by atoms with Gasteiger partial charge in [-0.25, -0.2) is 9.97 Å². The van der Waals surface area contributed by atoms with Gasteiger partial charge in [0.05, 0.1) is 0 Å². The smallest absolute Gasteiger partial charge is 0.134 e. The van der Waals surface area contributed by atoms with Crippen molar-refractivity contribution >= 4 is 17.4 Å². The second kappa shape index (κ2) is 4.94. The highest BCUT2D eigenvalue weighted by Gasteiger charge is 1.97. The molecule has 0 aliphatic heterocycles. The SMILES string of the molecule is Cc1cccc(CNc2cc(Cl)ncn2)c1. The maximum Gasteiger partial charge on any atom is 0.134 e. The van der Waals surface area contributed by atoms with Gasteiger partial charge in [-0.1, -0.05) is 41.4 Å². The van der Waals surface area contributed by atoms with Crippen LogP contribution < -0.4 is 5.32 Å². The third-order valence-electron chi connectivity index (χ3n) is 2.19. The maximum atomic E-state index is 5.76. The highest BCUT2D eigenvalue weighted by Crippen LogP contribution is 2.10. The fourth-order valence-electron chi connectivity index (χ4n) is 1.44. The van der Waals surface area contributed by atoms with Crippen molar-refractivity contribution in [3.8, 4) is 0 Å². The third-order valence-corrected chi connectivity index (χ3v) is 2.40. The number of rotatable bonds is 3. The van der Waals surface area contributed by atoms with Crippen LogP contribution in [0.3, 0.4) is 0 Å². The van der Waals surface area contributed by atoms with Crippen LogP contribution in [0.25, 0.3) is 0 Å². The molecule has 82 valence electrons. The predicted octanol–water partition coefficient (Wildman–Crippen LogP) is 3.05. The summed E-state index contributed by atoms with van der Waals surface area (Å²) in [5.41, 5.74) is 2.47. The first-order valence-electron chi connectivity index (χ1n) is 5.01.